The van der Waals surface area contributed by atoms with Gasteiger partial charge < -0.3 is 10.2 Å². The minimum atomic E-state index is -4.53. The second kappa shape index (κ2) is 11.0. The molecule has 0 spiro atoms. The van der Waals surface area contributed by atoms with Crippen LogP contribution in [0.4, 0.5) is 18.9 Å². The summed E-state index contributed by atoms with van der Waals surface area (Å²) in [5.74, 6) is 5.74. The molecule has 2 aromatic heterocycles. The Bertz CT molecular complexity index is 1520. The number of carbonyl (C=O) groups is 1. The van der Waals surface area contributed by atoms with Gasteiger partial charge in [-0.2, -0.15) is 18.3 Å². The molecular formula is C29H29F3N6O. The maximum absolute atomic E-state index is 13.9. The Hall–Kier alpha value is -3.94. The van der Waals surface area contributed by atoms with Crippen LogP contribution in [0.3, 0.4) is 0 Å². The fraction of sp³-hybridized carbons (Fsp3) is 0.345. The van der Waals surface area contributed by atoms with Gasteiger partial charge in [0, 0.05) is 55.8 Å². The van der Waals surface area contributed by atoms with Crippen molar-refractivity contribution in [3.63, 3.8) is 0 Å². The number of hydrogen-bond donors (Lipinski definition) is 1. The molecular weight excluding hydrogens is 505 g/mol. The summed E-state index contributed by atoms with van der Waals surface area (Å²) in [4.78, 5) is 21.5. The lowest BCUT2D eigenvalue weighted by molar-refractivity contribution is -0.138. The van der Waals surface area contributed by atoms with Crippen LogP contribution in [0.25, 0.3) is 5.65 Å². The Balaban J connectivity index is 1.33. The van der Waals surface area contributed by atoms with Crippen molar-refractivity contribution < 1.29 is 18.0 Å². The van der Waals surface area contributed by atoms with Gasteiger partial charge in [-0.15, -0.1) is 0 Å². The molecule has 3 aromatic rings. The Kier molecular flexibility index (Phi) is 7.55. The smallest absolute Gasteiger partial charge is 0.322 e. The van der Waals surface area contributed by atoms with Crippen molar-refractivity contribution in [1.82, 2.24) is 24.4 Å². The number of nitrogens with zero attached hydrogens (tertiary/aromatic N) is 5. The summed E-state index contributed by atoms with van der Waals surface area (Å²) in [7, 11) is 2.00. The van der Waals surface area contributed by atoms with Crippen LogP contribution in [0.2, 0.25) is 0 Å². The number of halogens is 3. The Morgan fingerprint density at radius 1 is 1.10 bits per heavy atom. The largest absolute Gasteiger partial charge is 0.416 e. The van der Waals surface area contributed by atoms with Gasteiger partial charge in [0.15, 0.2) is 5.65 Å². The van der Waals surface area contributed by atoms with Crippen LogP contribution in [0.5, 0.6) is 0 Å². The van der Waals surface area contributed by atoms with Crippen LogP contribution in [0, 0.1) is 11.8 Å². The summed E-state index contributed by atoms with van der Waals surface area (Å²) < 4.78 is 43.5. The number of carbonyl (C=O) groups excluding carboxylic acids is 1. The highest BCUT2D eigenvalue weighted by molar-refractivity contribution is 6.04. The molecule has 5 rings (SSSR count). The fourth-order valence-electron chi connectivity index (χ4n) is 4.71. The lowest BCUT2D eigenvalue weighted by Gasteiger charge is -2.33. The predicted octanol–water partition coefficient (Wildman–Crippen LogP) is 4.52. The van der Waals surface area contributed by atoms with Gasteiger partial charge >= 0.3 is 6.18 Å². The number of fused-ring (bicyclic) bond motifs is 1. The average molecular weight is 535 g/mol. The van der Waals surface area contributed by atoms with Gasteiger partial charge in [0.1, 0.15) is 5.69 Å². The topological polar surface area (TPSA) is 65.8 Å². The maximum atomic E-state index is 13.9. The maximum Gasteiger partial charge on any atom is 0.416 e. The standard InChI is InChI=1S/C29H29F3N6O/c1-20-5-6-22(16-21(20)8-10-25-18-33-27-4-3-11-34-38(25)27)28(39)35-24-9-7-23(26(17-24)29(30,31)32)19-37-14-12-36(2)13-15-37/h3-4,7,9,11,16-18H,5-6,12-15,19H2,1-2H3,(H,35,39). The second-order valence-electron chi connectivity index (χ2n) is 9.95. The van der Waals surface area contributed by atoms with E-state index in [1.807, 2.05) is 24.9 Å². The number of likely N-dealkylation sites (N-methyl/N-ethyl adjacent to an activating group) is 1. The van der Waals surface area contributed by atoms with Crippen molar-refractivity contribution in [3.05, 3.63) is 82.3 Å². The van der Waals surface area contributed by atoms with E-state index in [-0.39, 0.29) is 17.8 Å². The quantitative estimate of drug-likeness (QED) is 0.499. The average Bonchev–Trinajstić information content (AvgIpc) is 3.33. The van der Waals surface area contributed by atoms with E-state index in [4.69, 9.17) is 0 Å². The van der Waals surface area contributed by atoms with E-state index < -0.39 is 17.6 Å². The zero-order valence-electron chi connectivity index (χ0n) is 21.8. The predicted molar refractivity (Wildman–Crippen MR) is 143 cm³/mol. The highest BCUT2D eigenvalue weighted by Gasteiger charge is 2.34. The summed E-state index contributed by atoms with van der Waals surface area (Å²) in [5, 5.41) is 6.92. The molecule has 2 aliphatic rings. The molecule has 1 fully saturated rings. The molecule has 39 heavy (non-hydrogen) atoms. The SMILES string of the molecule is CC1=C(C#Cc2cnc3cccnn23)C=C(C(=O)Nc2ccc(CN3CCN(C)CC3)c(C(F)(F)F)c2)CC1. The highest BCUT2D eigenvalue weighted by Crippen LogP contribution is 2.35. The van der Waals surface area contributed by atoms with Crippen molar-refractivity contribution >= 4 is 17.2 Å². The molecule has 0 radical (unpaired) electrons. The number of imidazole rings is 1. The zero-order chi connectivity index (χ0) is 27.6. The summed E-state index contributed by atoms with van der Waals surface area (Å²) >= 11 is 0. The first-order chi connectivity index (χ1) is 18.7. The number of benzene rings is 1. The molecule has 7 nitrogen and oxygen atoms in total. The number of allylic oxidation sites excluding steroid dienone is 3. The van der Waals surface area contributed by atoms with Crippen LogP contribution in [-0.4, -0.2) is 63.5 Å². The van der Waals surface area contributed by atoms with E-state index in [0.29, 0.717) is 48.4 Å². The summed E-state index contributed by atoms with van der Waals surface area (Å²) in [6.07, 6.45) is 1.58. The molecule has 0 atom stereocenters. The Morgan fingerprint density at radius 2 is 1.90 bits per heavy atom. The van der Waals surface area contributed by atoms with Crippen molar-refractivity contribution in [2.45, 2.75) is 32.5 Å². The lowest BCUT2D eigenvalue weighted by Crippen LogP contribution is -2.44. The second-order valence-corrected chi connectivity index (χ2v) is 9.95. The number of rotatable bonds is 4. The van der Waals surface area contributed by atoms with Crippen molar-refractivity contribution in [2.24, 2.45) is 0 Å². The van der Waals surface area contributed by atoms with Gasteiger partial charge in [-0.1, -0.05) is 17.6 Å². The van der Waals surface area contributed by atoms with Gasteiger partial charge in [0.25, 0.3) is 5.91 Å². The molecule has 0 saturated carbocycles. The van der Waals surface area contributed by atoms with Crippen LogP contribution >= 0.6 is 0 Å². The van der Waals surface area contributed by atoms with E-state index >= 15 is 0 Å². The number of nitrogens with one attached hydrogen (secondary N) is 1. The monoisotopic (exact) mass is 534 g/mol. The molecule has 0 bridgehead atoms. The van der Waals surface area contributed by atoms with Gasteiger partial charge in [-0.05, 0) is 68.6 Å². The fourth-order valence-corrected chi connectivity index (χ4v) is 4.71. The van der Waals surface area contributed by atoms with Crippen LogP contribution in [0.15, 0.2) is 65.5 Å². The number of hydrogen-bond acceptors (Lipinski definition) is 5. The Labute approximate surface area is 225 Å². The lowest BCUT2D eigenvalue weighted by atomic mass is 9.93. The van der Waals surface area contributed by atoms with Crippen molar-refractivity contribution in [3.8, 4) is 11.8 Å². The van der Waals surface area contributed by atoms with E-state index in [1.165, 1.54) is 6.07 Å². The molecule has 1 aliphatic heterocycles. The number of piperazine rings is 1. The van der Waals surface area contributed by atoms with Crippen molar-refractivity contribution in [2.75, 3.05) is 38.5 Å². The third-order valence-corrected chi connectivity index (χ3v) is 7.11. The van der Waals surface area contributed by atoms with Gasteiger partial charge in [-0.25, -0.2) is 9.50 Å². The van der Waals surface area contributed by atoms with Gasteiger partial charge in [-0.3, -0.25) is 9.69 Å². The summed E-state index contributed by atoms with van der Waals surface area (Å²) in [6.45, 7) is 5.24. The first-order valence-electron chi connectivity index (χ1n) is 12.8. The molecule has 1 aliphatic carbocycles. The van der Waals surface area contributed by atoms with Crippen LogP contribution in [0.1, 0.15) is 36.6 Å². The third kappa shape index (κ3) is 6.21. The molecule has 1 aromatic carbocycles. The van der Waals surface area contributed by atoms with E-state index in [0.717, 1.165) is 24.7 Å². The number of aromatic nitrogens is 3. The van der Waals surface area contributed by atoms with Gasteiger partial charge in [0.05, 0.1) is 11.8 Å². The minimum absolute atomic E-state index is 0.117. The molecule has 202 valence electrons. The Morgan fingerprint density at radius 3 is 2.67 bits per heavy atom. The zero-order valence-corrected chi connectivity index (χ0v) is 21.8. The third-order valence-electron chi connectivity index (χ3n) is 7.11. The van der Waals surface area contributed by atoms with Gasteiger partial charge in [0.2, 0.25) is 0 Å². The minimum Gasteiger partial charge on any atom is -0.322 e. The van der Waals surface area contributed by atoms with Crippen LogP contribution in [-0.2, 0) is 17.5 Å². The number of alkyl halides is 3. The first kappa shape index (κ1) is 26.7. The van der Waals surface area contributed by atoms with E-state index in [1.54, 1.807) is 35.1 Å². The molecule has 1 N–H and O–H groups in total. The van der Waals surface area contributed by atoms with Crippen molar-refractivity contribution in [1.29, 1.82) is 0 Å². The summed E-state index contributed by atoms with van der Waals surface area (Å²) in [6, 6.07) is 7.67. The number of anilines is 1. The number of amides is 1. The molecule has 1 amide bonds. The molecule has 1 saturated heterocycles. The summed E-state index contributed by atoms with van der Waals surface area (Å²) in [5.41, 5.74) is 3.11. The van der Waals surface area contributed by atoms with E-state index in [2.05, 4.69) is 32.1 Å². The molecule has 3 heterocycles. The first-order valence-corrected chi connectivity index (χ1v) is 12.8. The highest BCUT2D eigenvalue weighted by atomic mass is 19.4. The van der Waals surface area contributed by atoms with Crippen LogP contribution < -0.4 is 5.32 Å². The molecule has 0 unspecified atom stereocenters. The molecule has 10 heteroatoms. The normalized spacial score (nSPS) is 17.1. The van der Waals surface area contributed by atoms with E-state index in [9.17, 15) is 18.0 Å².